The van der Waals surface area contributed by atoms with Crippen LogP contribution in [0.1, 0.15) is 39.8 Å². The molecule has 1 aliphatic heterocycles. The van der Waals surface area contributed by atoms with Crippen LogP contribution in [0.5, 0.6) is 34.5 Å². The van der Waals surface area contributed by atoms with Gasteiger partial charge >= 0.3 is 0 Å². The van der Waals surface area contributed by atoms with E-state index in [4.69, 9.17) is 28.4 Å². The Balaban J connectivity index is 1.67. The van der Waals surface area contributed by atoms with Gasteiger partial charge in [0.25, 0.3) is 0 Å². The summed E-state index contributed by atoms with van der Waals surface area (Å²) in [6, 6.07) is 25.9. The van der Waals surface area contributed by atoms with E-state index in [1.165, 1.54) is 0 Å². The van der Waals surface area contributed by atoms with E-state index in [9.17, 15) is 0 Å². The Kier molecular flexibility index (Phi) is 7.64. The van der Waals surface area contributed by atoms with Crippen LogP contribution in [0.2, 0.25) is 0 Å². The highest BCUT2D eigenvalue weighted by Gasteiger charge is 2.39. The number of rotatable bonds is 9. The number of hydrogen-bond acceptors (Lipinski definition) is 6. The second kappa shape index (κ2) is 11.4. The van der Waals surface area contributed by atoms with Crippen molar-refractivity contribution < 1.29 is 28.4 Å². The Morgan fingerprint density at radius 2 is 1.08 bits per heavy atom. The summed E-state index contributed by atoms with van der Waals surface area (Å²) in [4.78, 5) is 0. The fourth-order valence-corrected chi connectivity index (χ4v) is 4.97. The van der Waals surface area contributed by atoms with E-state index < -0.39 is 0 Å². The van der Waals surface area contributed by atoms with Crippen molar-refractivity contribution in [2.24, 2.45) is 0 Å². The molecular weight excluding hydrogens is 492 g/mol. The molecule has 4 aromatic rings. The van der Waals surface area contributed by atoms with Gasteiger partial charge in [0.2, 0.25) is 0 Å². The zero-order valence-corrected chi connectivity index (χ0v) is 22.8. The van der Waals surface area contributed by atoms with Crippen molar-refractivity contribution in [3.05, 3.63) is 107 Å². The van der Waals surface area contributed by atoms with Gasteiger partial charge in [-0.25, -0.2) is 0 Å². The molecule has 0 saturated heterocycles. The average Bonchev–Trinajstić information content (AvgIpc) is 3.39. The largest absolute Gasteiger partial charge is 0.497 e. The van der Waals surface area contributed by atoms with Crippen LogP contribution in [0.15, 0.2) is 78.9 Å². The Morgan fingerprint density at radius 3 is 1.64 bits per heavy atom. The third-order valence-corrected chi connectivity index (χ3v) is 7.00. The first kappa shape index (κ1) is 26.0. The van der Waals surface area contributed by atoms with Gasteiger partial charge in [-0.05, 0) is 64.7 Å². The summed E-state index contributed by atoms with van der Waals surface area (Å²) in [5.41, 5.74) is 5.18. The molecule has 1 heterocycles. The molecule has 0 amide bonds. The summed E-state index contributed by atoms with van der Waals surface area (Å²) in [6.45, 7) is 0. The molecule has 1 aliphatic rings. The first-order valence-electron chi connectivity index (χ1n) is 12.6. The van der Waals surface area contributed by atoms with Crippen LogP contribution in [-0.4, -0.2) is 35.5 Å². The lowest BCUT2D eigenvalue weighted by atomic mass is 9.82. The lowest BCUT2D eigenvalue weighted by Crippen LogP contribution is -2.12. The topological polar surface area (TPSA) is 55.4 Å². The summed E-state index contributed by atoms with van der Waals surface area (Å²) >= 11 is 0. The second-order valence-electron chi connectivity index (χ2n) is 9.17. The van der Waals surface area contributed by atoms with Gasteiger partial charge < -0.3 is 28.4 Å². The highest BCUT2D eigenvalue weighted by Crippen LogP contribution is 2.53. The molecule has 0 bridgehead atoms. The Morgan fingerprint density at radius 1 is 0.538 bits per heavy atom. The molecule has 6 heteroatoms. The molecule has 5 rings (SSSR count). The summed E-state index contributed by atoms with van der Waals surface area (Å²) in [7, 11) is 8.31. The highest BCUT2D eigenvalue weighted by molar-refractivity contribution is 5.75. The third-order valence-electron chi connectivity index (χ3n) is 7.00. The average molecular weight is 525 g/mol. The summed E-state index contributed by atoms with van der Waals surface area (Å²) in [5, 5.41) is 0. The van der Waals surface area contributed by atoms with Crippen LogP contribution in [0, 0.1) is 0 Å². The summed E-state index contributed by atoms with van der Waals surface area (Å²) in [5.74, 6) is 4.40. The molecule has 4 aromatic carbocycles. The third kappa shape index (κ3) is 5.36. The van der Waals surface area contributed by atoms with Crippen LogP contribution in [-0.2, 0) is 0 Å². The molecule has 0 N–H and O–H groups in total. The minimum atomic E-state index is -0.289. The van der Waals surface area contributed by atoms with Gasteiger partial charge in [0.05, 0.1) is 41.5 Å². The van der Waals surface area contributed by atoms with Crippen molar-refractivity contribution in [2.45, 2.75) is 12.0 Å². The Bertz CT molecular complexity index is 1440. The van der Waals surface area contributed by atoms with Gasteiger partial charge in [0.15, 0.2) is 0 Å². The van der Waals surface area contributed by atoms with Crippen LogP contribution in [0.4, 0.5) is 0 Å². The highest BCUT2D eigenvalue weighted by atomic mass is 16.5. The number of fused-ring (bicyclic) bond motifs is 1. The van der Waals surface area contributed by atoms with Crippen molar-refractivity contribution in [2.75, 3.05) is 35.5 Å². The molecule has 0 unspecified atom stereocenters. The SMILES string of the molecule is COc1ccc(/C=C/c2cc(OC)cc3c2[C@H](c2cc(OC)cc(OC)c2)[C@@H](c2ccc(OC)cc2)O3)cc1. The molecule has 0 spiro atoms. The van der Waals surface area contributed by atoms with Crippen LogP contribution in [0.25, 0.3) is 12.2 Å². The van der Waals surface area contributed by atoms with E-state index in [2.05, 4.69) is 12.2 Å². The molecule has 0 saturated carbocycles. The number of hydrogen-bond donors (Lipinski definition) is 0. The standard InChI is InChI=1S/C33H32O6/c1-34-25-12-7-21(8-13-25)6-9-23-16-29(38-5)20-30-31(23)32(24-17-27(36-3)19-28(18-24)37-4)33(39-30)22-10-14-26(35-2)15-11-22/h6-20,32-33H,1-5H3/b9-6+/t32-,33+/m0/s1. The van der Waals surface area contributed by atoms with E-state index in [1.807, 2.05) is 78.9 Å². The molecular formula is C33H32O6. The van der Waals surface area contributed by atoms with Gasteiger partial charge in [-0.15, -0.1) is 0 Å². The molecule has 200 valence electrons. The number of benzene rings is 4. The van der Waals surface area contributed by atoms with Crippen molar-refractivity contribution in [1.82, 2.24) is 0 Å². The fourth-order valence-electron chi connectivity index (χ4n) is 4.97. The second-order valence-corrected chi connectivity index (χ2v) is 9.17. The zero-order valence-electron chi connectivity index (χ0n) is 22.8. The molecule has 0 fully saturated rings. The van der Waals surface area contributed by atoms with Crippen molar-refractivity contribution >= 4 is 12.2 Å². The van der Waals surface area contributed by atoms with Gasteiger partial charge in [-0.1, -0.05) is 36.4 Å². The molecule has 2 atom stereocenters. The molecule has 0 radical (unpaired) electrons. The lowest BCUT2D eigenvalue weighted by Gasteiger charge is -2.22. The lowest BCUT2D eigenvalue weighted by molar-refractivity contribution is 0.221. The summed E-state index contributed by atoms with van der Waals surface area (Å²) < 4.78 is 34.3. The van der Waals surface area contributed by atoms with Crippen LogP contribution < -0.4 is 28.4 Å². The summed E-state index contributed by atoms with van der Waals surface area (Å²) in [6.07, 6.45) is 3.90. The predicted molar refractivity (Wildman–Crippen MR) is 153 cm³/mol. The van der Waals surface area contributed by atoms with Gasteiger partial charge in [0, 0.05) is 17.7 Å². The zero-order chi connectivity index (χ0) is 27.4. The maximum Gasteiger partial charge on any atom is 0.135 e. The first-order valence-corrected chi connectivity index (χ1v) is 12.6. The fraction of sp³-hybridized carbons (Fsp3) is 0.212. The minimum absolute atomic E-state index is 0.140. The van der Waals surface area contributed by atoms with E-state index in [0.717, 1.165) is 62.3 Å². The number of ether oxygens (including phenoxy) is 6. The van der Waals surface area contributed by atoms with Crippen LogP contribution in [0.3, 0.4) is 0 Å². The Labute approximate surface area is 229 Å². The van der Waals surface area contributed by atoms with E-state index in [-0.39, 0.29) is 12.0 Å². The van der Waals surface area contributed by atoms with Crippen molar-refractivity contribution in [1.29, 1.82) is 0 Å². The maximum absolute atomic E-state index is 6.69. The minimum Gasteiger partial charge on any atom is -0.497 e. The predicted octanol–water partition coefficient (Wildman–Crippen LogP) is 7.17. The molecule has 6 nitrogen and oxygen atoms in total. The van der Waals surface area contributed by atoms with Crippen molar-refractivity contribution in [3.63, 3.8) is 0 Å². The number of methoxy groups -OCH3 is 5. The van der Waals surface area contributed by atoms with Gasteiger partial charge in [0.1, 0.15) is 40.6 Å². The van der Waals surface area contributed by atoms with Gasteiger partial charge in [-0.3, -0.25) is 0 Å². The van der Waals surface area contributed by atoms with Gasteiger partial charge in [-0.2, -0.15) is 0 Å². The smallest absolute Gasteiger partial charge is 0.135 e. The monoisotopic (exact) mass is 524 g/mol. The molecule has 0 aromatic heterocycles. The van der Waals surface area contributed by atoms with E-state index in [1.54, 1.807) is 35.5 Å². The molecule has 0 aliphatic carbocycles. The normalized spacial score (nSPS) is 15.9. The van der Waals surface area contributed by atoms with Crippen molar-refractivity contribution in [3.8, 4) is 34.5 Å². The van der Waals surface area contributed by atoms with Crippen LogP contribution >= 0.6 is 0 Å². The molecule has 39 heavy (non-hydrogen) atoms. The quantitative estimate of drug-likeness (QED) is 0.217. The van der Waals surface area contributed by atoms with E-state index in [0.29, 0.717) is 0 Å². The maximum atomic E-state index is 6.69. The Hall–Kier alpha value is -4.58. The first-order chi connectivity index (χ1) is 19.1. The van der Waals surface area contributed by atoms with E-state index >= 15 is 0 Å².